The van der Waals surface area contributed by atoms with Crippen LogP contribution in [-0.2, 0) is 16.2 Å². The number of carboxylic acid groups (broad SMARTS) is 1. The Balaban J connectivity index is 0.00000361. The average molecular weight is 339 g/mol. The fourth-order valence-electron chi connectivity index (χ4n) is 1.39. The summed E-state index contributed by atoms with van der Waals surface area (Å²) in [4.78, 5) is 26.7. The smallest absolute Gasteiger partial charge is 0.438 e. The molecule has 1 rings (SSSR count). The van der Waals surface area contributed by atoms with Gasteiger partial charge in [0.25, 0.3) is 6.16 Å². The van der Waals surface area contributed by atoms with Gasteiger partial charge in [-0.05, 0) is 12.0 Å². The van der Waals surface area contributed by atoms with Crippen LogP contribution in [-0.4, -0.2) is 21.7 Å². The van der Waals surface area contributed by atoms with Crippen LogP contribution in [0.5, 0.6) is 0 Å². The Hall–Kier alpha value is 0.296. The maximum Gasteiger partial charge on any atom is 1.00 e. The monoisotopic (exact) mass is 339 g/mol. The Kier molecular flexibility index (Phi) is 11.1. The molecule has 1 aromatic rings. The van der Waals surface area contributed by atoms with E-state index < -0.39 is 12.1 Å². The molecule has 0 aliphatic heterocycles. The fourth-order valence-corrected chi connectivity index (χ4v) is 1.65. The standard InChI is InChI=1S/C12H15NO4S2.K/c14-10(6-7-11(18)19)13(17-12(15)16)8-9-4-2-1-3-5-9;/h1-5,11,18-19H,6-8H2,(H,15,16);/q;+1/p-1. The van der Waals surface area contributed by atoms with Gasteiger partial charge in [0, 0.05) is 11.0 Å². The van der Waals surface area contributed by atoms with Crippen molar-refractivity contribution in [2.75, 3.05) is 0 Å². The number of carbonyl (C=O) groups is 2. The molecule has 8 heteroatoms. The molecule has 0 unspecified atom stereocenters. The molecule has 1 amide bonds. The minimum Gasteiger partial charge on any atom is -0.438 e. The summed E-state index contributed by atoms with van der Waals surface area (Å²) in [7, 11) is 0. The van der Waals surface area contributed by atoms with Gasteiger partial charge in [0.15, 0.2) is 0 Å². The second-order valence-corrected chi connectivity index (χ2v) is 5.43. The molecule has 0 N–H and O–H groups in total. The van der Waals surface area contributed by atoms with E-state index in [1.807, 2.05) is 6.07 Å². The van der Waals surface area contributed by atoms with Gasteiger partial charge >= 0.3 is 51.4 Å². The molecular weight excluding hydrogens is 325 g/mol. The number of thiol groups is 2. The molecule has 1 aromatic carbocycles. The summed E-state index contributed by atoms with van der Waals surface area (Å²) < 4.78 is -0.245. The molecule has 0 fully saturated rings. The molecule has 0 aromatic heterocycles. The number of benzene rings is 1. The van der Waals surface area contributed by atoms with Crippen molar-refractivity contribution in [3.8, 4) is 0 Å². The van der Waals surface area contributed by atoms with Crippen LogP contribution < -0.4 is 56.5 Å². The summed E-state index contributed by atoms with van der Waals surface area (Å²) in [6, 6.07) is 8.92. The second kappa shape index (κ2) is 10.9. The molecule has 20 heavy (non-hydrogen) atoms. The minimum absolute atomic E-state index is 0. The number of hydrogen-bond donors (Lipinski definition) is 2. The number of hydroxylamine groups is 2. The van der Waals surface area contributed by atoms with Gasteiger partial charge in [0.1, 0.15) is 0 Å². The molecule has 0 aliphatic rings. The Morgan fingerprint density at radius 2 is 1.85 bits per heavy atom. The molecule has 0 saturated heterocycles. The molecule has 0 saturated carbocycles. The van der Waals surface area contributed by atoms with E-state index in [-0.39, 0.29) is 68.9 Å². The quantitative estimate of drug-likeness (QED) is 0.289. The maximum atomic E-state index is 11.8. The van der Waals surface area contributed by atoms with Crippen LogP contribution in [0.1, 0.15) is 18.4 Å². The van der Waals surface area contributed by atoms with Crippen molar-refractivity contribution in [3.63, 3.8) is 0 Å². The van der Waals surface area contributed by atoms with E-state index in [1.54, 1.807) is 24.3 Å². The first kappa shape index (κ1) is 20.3. The molecule has 0 radical (unpaired) electrons. The van der Waals surface area contributed by atoms with Crippen molar-refractivity contribution in [1.82, 2.24) is 5.06 Å². The first-order chi connectivity index (χ1) is 8.99. The van der Waals surface area contributed by atoms with Crippen LogP contribution in [0.3, 0.4) is 0 Å². The van der Waals surface area contributed by atoms with Gasteiger partial charge < -0.3 is 14.7 Å². The average Bonchev–Trinajstić information content (AvgIpc) is 2.36. The van der Waals surface area contributed by atoms with Crippen LogP contribution in [0, 0.1) is 0 Å². The van der Waals surface area contributed by atoms with Gasteiger partial charge in [-0.3, -0.25) is 4.79 Å². The van der Waals surface area contributed by atoms with E-state index >= 15 is 0 Å². The molecule has 5 nitrogen and oxygen atoms in total. The molecule has 0 heterocycles. The van der Waals surface area contributed by atoms with E-state index in [9.17, 15) is 14.7 Å². The fraction of sp³-hybridized carbons (Fsp3) is 0.333. The van der Waals surface area contributed by atoms with Crippen molar-refractivity contribution < 1.29 is 70.9 Å². The molecule has 0 aliphatic carbocycles. The number of nitrogens with zero attached hydrogens (tertiary/aromatic N) is 1. The van der Waals surface area contributed by atoms with Gasteiger partial charge in [-0.2, -0.15) is 25.3 Å². The van der Waals surface area contributed by atoms with Crippen molar-refractivity contribution in [2.24, 2.45) is 0 Å². The number of rotatable bonds is 5. The Morgan fingerprint density at radius 1 is 1.25 bits per heavy atom. The van der Waals surface area contributed by atoms with Crippen molar-refractivity contribution >= 4 is 37.3 Å². The van der Waals surface area contributed by atoms with Gasteiger partial charge in [0.2, 0.25) is 5.91 Å². The van der Waals surface area contributed by atoms with Crippen LogP contribution in [0.25, 0.3) is 0 Å². The Labute approximate surface area is 171 Å². The van der Waals surface area contributed by atoms with E-state index in [1.165, 1.54) is 0 Å². The summed E-state index contributed by atoms with van der Waals surface area (Å²) in [5, 5.41) is 11.3. The summed E-state index contributed by atoms with van der Waals surface area (Å²) in [6.45, 7) is 0.0391. The van der Waals surface area contributed by atoms with Gasteiger partial charge in [-0.15, -0.1) is 0 Å². The molecular formula is C12H14KNO4S2. The summed E-state index contributed by atoms with van der Waals surface area (Å²) >= 11 is 8.07. The second-order valence-electron chi connectivity index (χ2n) is 3.78. The predicted octanol–water partition coefficient (Wildman–Crippen LogP) is -1.74. The molecule has 0 spiro atoms. The van der Waals surface area contributed by atoms with Crippen molar-refractivity contribution in [1.29, 1.82) is 0 Å². The van der Waals surface area contributed by atoms with E-state index in [0.29, 0.717) is 6.42 Å². The van der Waals surface area contributed by atoms with Crippen LogP contribution in [0.4, 0.5) is 4.79 Å². The third-order valence-corrected chi connectivity index (χ3v) is 2.76. The number of carbonyl (C=O) groups excluding carboxylic acids is 2. The van der Waals surface area contributed by atoms with E-state index in [2.05, 4.69) is 30.1 Å². The van der Waals surface area contributed by atoms with E-state index in [0.717, 1.165) is 10.6 Å². The number of hydrogen-bond acceptors (Lipinski definition) is 6. The van der Waals surface area contributed by atoms with Gasteiger partial charge in [-0.25, -0.2) is 5.06 Å². The largest absolute Gasteiger partial charge is 1.00 e. The molecule has 104 valence electrons. The first-order valence-corrected chi connectivity index (χ1v) is 6.61. The van der Waals surface area contributed by atoms with Crippen LogP contribution >= 0.6 is 25.3 Å². The maximum absolute atomic E-state index is 11.8. The zero-order chi connectivity index (χ0) is 14.3. The van der Waals surface area contributed by atoms with E-state index in [4.69, 9.17) is 0 Å². The van der Waals surface area contributed by atoms with Crippen molar-refractivity contribution in [2.45, 2.75) is 24.0 Å². The normalized spacial score (nSPS) is 9.75. The molecule has 0 bridgehead atoms. The third kappa shape index (κ3) is 8.55. The van der Waals surface area contributed by atoms with Crippen molar-refractivity contribution in [3.05, 3.63) is 35.9 Å². The van der Waals surface area contributed by atoms with Crippen LogP contribution in [0.15, 0.2) is 30.3 Å². The zero-order valence-corrected chi connectivity index (χ0v) is 16.0. The minimum atomic E-state index is -1.77. The predicted molar refractivity (Wildman–Crippen MR) is 74.5 cm³/mol. The summed E-state index contributed by atoms with van der Waals surface area (Å²) in [5.74, 6) is -0.457. The summed E-state index contributed by atoms with van der Waals surface area (Å²) in [6.07, 6.45) is -1.26. The summed E-state index contributed by atoms with van der Waals surface area (Å²) in [5.41, 5.74) is 0.755. The SMILES string of the molecule is O=C([O-])ON(Cc1ccccc1)C(=O)CCC(S)S.[K+]. The Bertz CT molecular complexity index is 431. The van der Waals surface area contributed by atoms with Gasteiger partial charge in [-0.1, -0.05) is 30.3 Å². The Morgan fingerprint density at radius 3 is 2.35 bits per heavy atom. The first-order valence-electron chi connectivity index (χ1n) is 5.58. The topological polar surface area (TPSA) is 69.7 Å². The van der Waals surface area contributed by atoms with Crippen LogP contribution in [0.2, 0.25) is 0 Å². The number of amides is 1. The van der Waals surface area contributed by atoms with Gasteiger partial charge in [0.05, 0.1) is 6.54 Å². The third-order valence-electron chi connectivity index (χ3n) is 2.25. The molecule has 0 atom stereocenters. The zero-order valence-electron chi connectivity index (χ0n) is 11.1.